The van der Waals surface area contributed by atoms with E-state index in [2.05, 4.69) is 20.5 Å². The Labute approximate surface area is 292 Å². The van der Waals surface area contributed by atoms with Gasteiger partial charge >= 0.3 is 6.09 Å². The third-order valence-corrected chi connectivity index (χ3v) is 12.1. The second-order valence-electron chi connectivity index (χ2n) is 15.3. The summed E-state index contributed by atoms with van der Waals surface area (Å²) in [4.78, 5) is 62.8. The van der Waals surface area contributed by atoms with Gasteiger partial charge in [-0.2, -0.15) is 0 Å². The molecule has 5 atom stereocenters. The van der Waals surface area contributed by atoms with Gasteiger partial charge in [0.05, 0.1) is 17.5 Å². The number of halogens is 1. The smallest absolute Gasteiger partial charge is 0.408 e. The van der Waals surface area contributed by atoms with Crippen LogP contribution in [0.4, 0.5) is 4.79 Å². The first-order valence-electron chi connectivity index (χ1n) is 17.3. The van der Waals surface area contributed by atoms with Gasteiger partial charge in [-0.15, -0.1) is 0 Å². The molecule has 3 N–H and O–H groups in total. The van der Waals surface area contributed by atoms with Gasteiger partial charge in [0.1, 0.15) is 23.2 Å². The lowest BCUT2D eigenvalue weighted by atomic mass is 9.91. The zero-order chi connectivity index (χ0) is 35.2. The number of alkyl carbamates (subject to hydrolysis) is 1. The molecule has 2 saturated carbocycles. The molecular formula is C34H46ClN5O8S. The van der Waals surface area contributed by atoms with Crippen LogP contribution in [0.15, 0.2) is 29.4 Å². The monoisotopic (exact) mass is 719 g/mol. The van der Waals surface area contributed by atoms with E-state index in [1.54, 1.807) is 39.0 Å². The Morgan fingerprint density at radius 1 is 1.06 bits per heavy atom. The fourth-order valence-corrected chi connectivity index (χ4v) is 8.83. The highest BCUT2D eigenvalue weighted by molar-refractivity contribution is 7.91. The second kappa shape index (κ2) is 13.4. The van der Waals surface area contributed by atoms with Crippen LogP contribution in [0.2, 0.25) is 5.02 Å². The number of benzene rings is 1. The molecule has 15 heteroatoms. The van der Waals surface area contributed by atoms with Crippen molar-refractivity contribution in [2.45, 2.75) is 132 Å². The Morgan fingerprint density at radius 3 is 2.47 bits per heavy atom. The number of nitrogens with one attached hydrogen (secondary N) is 3. The van der Waals surface area contributed by atoms with Crippen molar-refractivity contribution in [3.05, 3.63) is 34.9 Å². The molecule has 4 fully saturated rings. The predicted octanol–water partition coefficient (Wildman–Crippen LogP) is 3.93. The van der Waals surface area contributed by atoms with Crippen LogP contribution in [-0.4, -0.2) is 83.5 Å². The largest absolute Gasteiger partial charge is 0.444 e. The van der Waals surface area contributed by atoms with Crippen LogP contribution in [0.25, 0.3) is 0 Å². The molecule has 1 aromatic rings. The van der Waals surface area contributed by atoms with Crippen molar-refractivity contribution in [2.75, 3.05) is 6.54 Å². The van der Waals surface area contributed by atoms with Crippen molar-refractivity contribution < 1.29 is 37.2 Å². The van der Waals surface area contributed by atoms with Gasteiger partial charge in [-0.05, 0) is 70.9 Å². The van der Waals surface area contributed by atoms with Crippen molar-refractivity contribution >= 4 is 51.2 Å². The number of nitrogens with zero attached hydrogens (tertiary/aromatic N) is 2. The number of ether oxygens (including phenoxy) is 1. The number of hydrogen-bond acceptors (Lipinski definition) is 9. The Bertz CT molecular complexity index is 1640. The second-order valence-corrected chi connectivity index (χ2v) is 17.7. The van der Waals surface area contributed by atoms with Crippen LogP contribution in [0.5, 0.6) is 0 Å². The van der Waals surface area contributed by atoms with Crippen molar-refractivity contribution in [3.8, 4) is 0 Å². The van der Waals surface area contributed by atoms with Crippen LogP contribution >= 0.6 is 11.6 Å². The standard InChI is InChI=1S/C34H46ClN5O8S/c1-32(2,3)47-31(44)36-25-13-8-6-4-5-7-11-22-17-34(22,30(43)39-49(45,46)24-14-15-24)37-28(41)27-19-33(20-40(27)29(25)42)18-26(38-48-33)21-10-9-12-23(35)16-21/h9-10,12,16,22,24-25,27H,4-8,11,13-15,17-20H2,1-3H3,(H,36,44)(H,37,41)(H,39,43)/t22?,25?,27?,33?,34-/m1/s1. The van der Waals surface area contributed by atoms with E-state index in [0.29, 0.717) is 55.7 Å². The molecule has 1 aromatic carbocycles. The van der Waals surface area contributed by atoms with Gasteiger partial charge in [0.2, 0.25) is 21.8 Å². The highest BCUT2D eigenvalue weighted by Gasteiger charge is 2.63. The lowest BCUT2D eigenvalue weighted by molar-refractivity contribution is -0.141. The van der Waals surface area contributed by atoms with Crippen LogP contribution in [0, 0.1) is 5.92 Å². The summed E-state index contributed by atoms with van der Waals surface area (Å²) in [5.74, 6) is -2.03. The first-order valence-corrected chi connectivity index (χ1v) is 19.2. The van der Waals surface area contributed by atoms with Crippen LogP contribution in [0.1, 0.15) is 103 Å². The quantitative estimate of drug-likeness (QED) is 0.411. The van der Waals surface area contributed by atoms with Crippen molar-refractivity contribution in [3.63, 3.8) is 0 Å². The summed E-state index contributed by atoms with van der Waals surface area (Å²) in [5, 5.41) is 9.94. The zero-order valence-corrected chi connectivity index (χ0v) is 29.8. The highest BCUT2D eigenvalue weighted by atomic mass is 35.5. The fraction of sp³-hybridized carbons (Fsp3) is 0.676. The summed E-state index contributed by atoms with van der Waals surface area (Å²) in [6.07, 6.45) is 5.95. The SMILES string of the molecule is CC(C)(C)OC(=O)NC1CCCCCCCC2C[C@@]2(C(=O)NS(=O)(=O)C2CC2)NC(=O)C2CC3(CC(c4cccc(Cl)c4)=NO3)CN2C1=O. The number of carbonyl (C=O) groups is 4. The molecule has 6 rings (SSSR count). The molecule has 2 aliphatic carbocycles. The Kier molecular flexibility index (Phi) is 9.68. The van der Waals surface area contributed by atoms with E-state index in [0.717, 1.165) is 31.2 Å². The van der Waals surface area contributed by atoms with Gasteiger partial charge in [-0.1, -0.05) is 61.0 Å². The lowest BCUT2D eigenvalue weighted by Crippen LogP contribution is -2.58. The van der Waals surface area contributed by atoms with Gasteiger partial charge in [0.25, 0.3) is 5.91 Å². The number of carbonyl (C=O) groups excluding carboxylic acids is 4. The Balaban J connectivity index is 1.29. The van der Waals surface area contributed by atoms with Crippen LogP contribution in [0.3, 0.4) is 0 Å². The van der Waals surface area contributed by atoms with Crippen LogP contribution < -0.4 is 15.4 Å². The van der Waals surface area contributed by atoms with Crippen molar-refractivity contribution in [1.82, 2.24) is 20.3 Å². The van der Waals surface area contributed by atoms with E-state index >= 15 is 0 Å². The maximum Gasteiger partial charge on any atom is 0.408 e. The molecule has 5 aliphatic rings. The summed E-state index contributed by atoms with van der Waals surface area (Å²) in [7, 11) is -3.85. The predicted molar refractivity (Wildman–Crippen MR) is 181 cm³/mol. The topological polar surface area (TPSA) is 173 Å². The molecule has 0 bridgehead atoms. The molecule has 0 radical (unpaired) electrons. The Morgan fingerprint density at radius 2 is 1.78 bits per heavy atom. The van der Waals surface area contributed by atoms with Gasteiger partial charge in [-0.3, -0.25) is 19.1 Å². The summed E-state index contributed by atoms with van der Waals surface area (Å²) < 4.78 is 33.3. The average Bonchev–Trinajstić information content (AvgIpc) is 3.92. The first-order chi connectivity index (χ1) is 23.1. The minimum absolute atomic E-state index is 0.00265. The van der Waals surface area contributed by atoms with Gasteiger partial charge < -0.3 is 25.1 Å². The van der Waals surface area contributed by atoms with E-state index in [4.69, 9.17) is 21.2 Å². The number of rotatable bonds is 5. The molecular weight excluding hydrogens is 674 g/mol. The van der Waals surface area contributed by atoms with Crippen molar-refractivity contribution in [2.24, 2.45) is 11.1 Å². The molecule has 0 aromatic heterocycles. The fourth-order valence-electron chi connectivity index (χ4n) is 7.28. The lowest BCUT2D eigenvalue weighted by Gasteiger charge is -2.30. The molecule has 3 heterocycles. The third-order valence-electron chi connectivity index (χ3n) is 10.1. The van der Waals surface area contributed by atoms with E-state index in [-0.39, 0.29) is 18.9 Å². The minimum Gasteiger partial charge on any atom is -0.444 e. The summed E-state index contributed by atoms with van der Waals surface area (Å²) in [6.45, 7) is 5.20. The molecule has 13 nitrogen and oxygen atoms in total. The molecule has 268 valence electrons. The summed E-state index contributed by atoms with van der Waals surface area (Å²) in [5.41, 5.74) is -1.88. The number of fused-ring (bicyclic) bond motifs is 2. The first kappa shape index (κ1) is 35.4. The van der Waals surface area contributed by atoms with Gasteiger partial charge in [-0.25, -0.2) is 13.2 Å². The molecule has 4 unspecified atom stereocenters. The number of oxime groups is 1. The highest BCUT2D eigenvalue weighted by Crippen LogP contribution is 2.48. The minimum atomic E-state index is -3.85. The maximum absolute atomic E-state index is 14.4. The number of hydrogen-bond donors (Lipinski definition) is 3. The van der Waals surface area contributed by atoms with E-state index in [9.17, 15) is 27.6 Å². The van der Waals surface area contributed by atoms with E-state index in [1.165, 1.54) is 4.90 Å². The normalized spacial score (nSPS) is 30.9. The number of sulfonamides is 1. The van der Waals surface area contributed by atoms with Crippen LogP contribution in [-0.2, 0) is 34.0 Å². The van der Waals surface area contributed by atoms with Gasteiger partial charge in [0.15, 0.2) is 5.60 Å². The molecule has 1 spiro atoms. The van der Waals surface area contributed by atoms with Gasteiger partial charge in [0, 0.05) is 23.4 Å². The van der Waals surface area contributed by atoms with E-state index in [1.807, 2.05) is 6.07 Å². The number of amides is 4. The third kappa shape index (κ3) is 8.00. The molecule has 3 aliphatic heterocycles. The van der Waals surface area contributed by atoms with E-state index < -0.39 is 67.9 Å². The molecule has 2 saturated heterocycles. The molecule has 4 amide bonds. The summed E-state index contributed by atoms with van der Waals surface area (Å²) in [6, 6.07) is 5.10. The average molecular weight is 720 g/mol. The van der Waals surface area contributed by atoms with Crippen molar-refractivity contribution in [1.29, 1.82) is 0 Å². The zero-order valence-electron chi connectivity index (χ0n) is 28.3. The Hall–Kier alpha value is -3.39. The maximum atomic E-state index is 14.4. The summed E-state index contributed by atoms with van der Waals surface area (Å²) >= 11 is 6.24. The molecule has 49 heavy (non-hydrogen) atoms.